The van der Waals surface area contributed by atoms with Crippen LogP contribution in [-0.4, -0.2) is 22.9 Å². The van der Waals surface area contributed by atoms with Crippen LogP contribution in [0.1, 0.15) is 13.8 Å². The maximum absolute atomic E-state index is 8.41. The molecule has 0 bridgehead atoms. The van der Waals surface area contributed by atoms with Crippen molar-refractivity contribution in [1.82, 2.24) is 0 Å². The van der Waals surface area contributed by atoms with Crippen LogP contribution in [-0.2, 0) is 4.74 Å². The predicted molar refractivity (Wildman–Crippen MR) is 36.3 cm³/mol. The summed E-state index contributed by atoms with van der Waals surface area (Å²) >= 11 is 4.34. The summed E-state index contributed by atoms with van der Waals surface area (Å²) in [5.41, 5.74) is 0. The molecule has 0 aliphatic heterocycles. The average Bonchev–Trinajstić information content (AvgIpc) is 1.61. The van der Waals surface area contributed by atoms with E-state index in [4.69, 9.17) is 9.84 Å². The second kappa shape index (κ2) is 3.80. The number of hydrogen-bond acceptors (Lipinski definition) is 2. The predicted octanol–water partition coefficient (Wildman–Crippen LogP) is 1.30. The van der Waals surface area contributed by atoms with Crippen molar-refractivity contribution in [3.63, 3.8) is 0 Å². The van der Waals surface area contributed by atoms with E-state index in [1.165, 1.54) is 0 Å². The molecule has 0 saturated heterocycles. The highest BCUT2D eigenvalue weighted by Gasteiger charge is 1.93. The van der Waals surface area contributed by atoms with E-state index >= 15 is 0 Å². The SMILES string of the molecule is CC(C)OCC(O)=S. The molecule has 8 heavy (non-hydrogen) atoms. The van der Waals surface area contributed by atoms with E-state index in [0.29, 0.717) is 0 Å². The number of rotatable bonds is 3. The Bertz CT molecular complexity index is 80.5. The number of ether oxygens (including phenoxy) is 1. The molecule has 0 fully saturated rings. The third-order valence-electron chi connectivity index (χ3n) is 0.540. The van der Waals surface area contributed by atoms with Gasteiger partial charge in [0.25, 0.3) is 0 Å². The Kier molecular flexibility index (Phi) is 3.73. The third-order valence-corrected chi connectivity index (χ3v) is 0.658. The Morgan fingerprint density at radius 3 is 2.38 bits per heavy atom. The highest BCUT2D eigenvalue weighted by atomic mass is 32.1. The molecular formula is C5H10O2S. The lowest BCUT2D eigenvalue weighted by atomic mass is 10.5. The van der Waals surface area contributed by atoms with Gasteiger partial charge in [-0.05, 0) is 26.1 Å². The topological polar surface area (TPSA) is 29.5 Å². The molecule has 0 radical (unpaired) electrons. The number of aliphatic hydroxyl groups excluding tert-OH is 1. The van der Waals surface area contributed by atoms with Gasteiger partial charge in [0.1, 0.15) is 6.61 Å². The standard InChI is InChI=1S/C5H10O2S/c1-4(2)7-3-5(6)8/h4H,3H2,1-2H3,(H,6,8). The van der Waals surface area contributed by atoms with E-state index in [0.717, 1.165) is 0 Å². The third kappa shape index (κ3) is 5.85. The fourth-order valence-corrected chi connectivity index (χ4v) is 0.306. The summed E-state index contributed by atoms with van der Waals surface area (Å²) in [5, 5.41) is 8.32. The van der Waals surface area contributed by atoms with Gasteiger partial charge in [-0.3, -0.25) is 0 Å². The molecule has 0 aliphatic rings. The molecule has 0 aromatic heterocycles. The Balaban J connectivity index is 3.05. The molecule has 3 heteroatoms. The minimum Gasteiger partial charge on any atom is -0.500 e. The highest BCUT2D eigenvalue weighted by Crippen LogP contribution is 1.86. The molecule has 0 unspecified atom stereocenters. The van der Waals surface area contributed by atoms with E-state index in [2.05, 4.69) is 12.2 Å². The Labute approximate surface area is 54.5 Å². The zero-order valence-corrected chi connectivity index (χ0v) is 5.86. The first kappa shape index (κ1) is 7.85. The molecule has 0 spiro atoms. The lowest BCUT2D eigenvalue weighted by Gasteiger charge is -2.03. The van der Waals surface area contributed by atoms with Gasteiger partial charge in [0.15, 0.2) is 5.05 Å². The Morgan fingerprint density at radius 1 is 1.75 bits per heavy atom. The molecule has 2 nitrogen and oxygen atoms in total. The second-order valence-electron chi connectivity index (χ2n) is 1.75. The monoisotopic (exact) mass is 134 g/mol. The molecule has 0 aromatic carbocycles. The van der Waals surface area contributed by atoms with Crippen LogP contribution in [0.3, 0.4) is 0 Å². The lowest BCUT2D eigenvalue weighted by molar-refractivity contribution is 0.104. The van der Waals surface area contributed by atoms with E-state index in [9.17, 15) is 0 Å². The first-order valence-corrected chi connectivity index (χ1v) is 2.87. The normalized spacial score (nSPS) is 9.88. The Hall–Kier alpha value is -0.150. The smallest absolute Gasteiger partial charge is 0.183 e. The van der Waals surface area contributed by atoms with Crippen molar-refractivity contribution in [3.8, 4) is 0 Å². The molecule has 0 atom stereocenters. The van der Waals surface area contributed by atoms with Gasteiger partial charge >= 0.3 is 0 Å². The molecule has 0 aliphatic carbocycles. The van der Waals surface area contributed by atoms with Gasteiger partial charge in [0, 0.05) is 0 Å². The summed E-state index contributed by atoms with van der Waals surface area (Å²) in [5.74, 6) is 0. The van der Waals surface area contributed by atoms with Gasteiger partial charge in [-0.15, -0.1) is 0 Å². The van der Waals surface area contributed by atoms with Crippen molar-refractivity contribution in [3.05, 3.63) is 0 Å². The average molecular weight is 134 g/mol. The quantitative estimate of drug-likeness (QED) is 0.590. The number of thiocarbonyl (C=S) groups is 1. The van der Waals surface area contributed by atoms with Gasteiger partial charge in [0.2, 0.25) is 0 Å². The zero-order chi connectivity index (χ0) is 6.57. The van der Waals surface area contributed by atoms with Crippen LogP contribution in [0.25, 0.3) is 0 Å². The maximum Gasteiger partial charge on any atom is 0.183 e. The van der Waals surface area contributed by atoms with Crippen molar-refractivity contribution >= 4 is 17.3 Å². The molecular weight excluding hydrogens is 124 g/mol. The largest absolute Gasteiger partial charge is 0.500 e. The zero-order valence-electron chi connectivity index (χ0n) is 5.05. The van der Waals surface area contributed by atoms with E-state index in [1.54, 1.807) is 0 Å². The highest BCUT2D eigenvalue weighted by molar-refractivity contribution is 7.80. The van der Waals surface area contributed by atoms with Crippen molar-refractivity contribution in [2.45, 2.75) is 20.0 Å². The molecule has 0 aromatic rings. The van der Waals surface area contributed by atoms with Crippen LogP contribution >= 0.6 is 12.2 Å². The second-order valence-corrected chi connectivity index (χ2v) is 2.22. The summed E-state index contributed by atoms with van der Waals surface area (Å²) in [6.07, 6.45) is 0.139. The summed E-state index contributed by atoms with van der Waals surface area (Å²) in [7, 11) is 0. The van der Waals surface area contributed by atoms with Crippen LogP contribution in [0.4, 0.5) is 0 Å². The van der Waals surface area contributed by atoms with Crippen LogP contribution in [0.15, 0.2) is 0 Å². The van der Waals surface area contributed by atoms with Crippen molar-refractivity contribution in [2.75, 3.05) is 6.61 Å². The first-order chi connectivity index (χ1) is 3.63. The van der Waals surface area contributed by atoms with Crippen molar-refractivity contribution in [1.29, 1.82) is 0 Å². The summed E-state index contributed by atoms with van der Waals surface area (Å²) < 4.78 is 4.91. The fraction of sp³-hybridized carbons (Fsp3) is 0.800. The van der Waals surface area contributed by atoms with Crippen LogP contribution in [0.5, 0.6) is 0 Å². The molecule has 48 valence electrons. The Morgan fingerprint density at radius 2 is 2.25 bits per heavy atom. The van der Waals surface area contributed by atoms with E-state index in [-0.39, 0.29) is 17.8 Å². The van der Waals surface area contributed by atoms with E-state index in [1.807, 2.05) is 13.8 Å². The van der Waals surface area contributed by atoms with Gasteiger partial charge in [-0.1, -0.05) is 0 Å². The van der Waals surface area contributed by atoms with E-state index < -0.39 is 0 Å². The number of aliphatic hydroxyl groups is 1. The number of hydrogen-bond donors (Lipinski definition) is 1. The summed E-state index contributed by atoms with van der Waals surface area (Å²) in [6, 6.07) is 0. The van der Waals surface area contributed by atoms with Crippen molar-refractivity contribution in [2.24, 2.45) is 0 Å². The minimum absolute atomic E-state index is 0.0845. The van der Waals surface area contributed by atoms with Gasteiger partial charge in [-0.25, -0.2) is 0 Å². The van der Waals surface area contributed by atoms with Crippen molar-refractivity contribution < 1.29 is 9.84 Å². The fourth-order valence-electron chi connectivity index (χ4n) is 0.238. The molecule has 1 N–H and O–H groups in total. The van der Waals surface area contributed by atoms with Gasteiger partial charge < -0.3 is 9.84 Å². The first-order valence-electron chi connectivity index (χ1n) is 2.46. The molecule has 0 saturated carbocycles. The summed E-state index contributed by atoms with van der Waals surface area (Å²) in [6.45, 7) is 3.95. The molecule has 0 amide bonds. The maximum atomic E-state index is 8.41. The van der Waals surface area contributed by atoms with Crippen LogP contribution < -0.4 is 0 Å². The van der Waals surface area contributed by atoms with Gasteiger partial charge in [-0.2, -0.15) is 0 Å². The van der Waals surface area contributed by atoms with Gasteiger partial charge in [0.05, 0.1) is 6.10 Å². The van der Waals surface area contributed by atoms with Crippen LogP contribution in [0, 0.1) is 0 Å². The summed E-state index contributed by atoms with van der Waals surface area (Å²) in [4.78, 5) is 0. The molecule has 0 heterocycles. The minimum atomic E-state index is -0.0845. The lowest BCUT2D eigenvalue weighted by Crippen LogP contribution is -2.10. The van der Waals surface area contributed by atoms with Crippen LogP contribution in [0.2, 0.25) is 0 Å². The molecule has 0 rings (SSSR count).